The summed E-state index contributed by atoms with van der Waals surface area (Å²) in [5.41, 5.74) is 0. The van der Waals surface area contributed by atoms with Gasteiger partial charge in [-0.25, -0.2) is 0 Å². The van der Waals surface area contributed by atoms with Crippen molar-refractivity contribution in [2.45, 2.75) is 51.6 Å². The summed E-state index contributed by atoms with van der Waals surface area (Å²) in [6.45, 7) is 7.11. The molecule has 1 rings (SSSR count). The molecule has 0 bridgehead atoms. The van der Waals surface area contributed by atoms with Crippen molar-refractivity contribution in [3.63, 3.8) is 0 Å². The van der Waals surface area contributed by atoms with Gasteiger partial charge in [0.25, 0.3) is 0 Å². The zero-order valence-corrected chi connectivity index (χ0v) is 9.34. The molecular formula is C11H24N2. The van der Waals surface area contributed by atoms with Crippen molar-refractivity contribution in [3.8, 4) is 0 Å². The lowest BCUT2D eigenvalue weighted by Gasteiger charge is -2.39. The number of hydrogen-bond acceptors (Lipinski definition) is 2. The van der Waals surface area contributed by atoms with Gasteiger partial charge in [0.15, 0.2) is 0 Å². The summed E-state index contributed by atoms with van der Waals surface area (Å²) in [5.74, 6) is 0. The first-order valence-electron chi connectivity index (χ1n) is 5.70. The predicted molar refractivity (Wildman–Crippen MR) is 58.0 cm³/mol. The molecule has 0 aliphatic carbocycles. The van der Waals surface area contributed by atoms with Crippen LogP contribution in [0.5, 0.6) is 0 Å². The van der Waals surface area contributed by atoms with E-state index >= 15 is 0 Å². The van der Waals surface area contributed by atoms with Crippen LogP contribution in [-0.4, -0.2) is 37.1 Å². The van der Waals surface area contributed by atoms with Gasteiger partial charge in [-0.2, -0.15) is 0 Å². The number of nitrogens with zero attached hydrogens (tertiary/aromatic N) is 1. The normalized spacial score (nSPS) is 27.5. The molecule has 0 spiro atoms. The highest BCUT2D eigenvalue weighted by atomic mass is 15.2. The van der Waals surface area contributed by atoms with E-state index in [4.69, 9.17) is 0 Å². The van der Waals surface area contributed by atoms with Crippen molar-refractivity contribution in [1.82, 2.24) is 10.2 Å². The average Bonchev–Trinajstić information content (AvgIpc) is 2.16. The van der Waals surface area contributed by atoms with Crippen LogP contribution in [0.4, 0.5) is 0 Å². The molecule has 2 heteroatoms. The first-order chi connectivity index (χ1) is 6.29. The quantitative estimate of drug-likeness (QED) is 0.717. The van der Waals surface area contributed by atoms with Crippen LogP contribution in [0.3, 0.4) is 0 Å². The van der Waals surface area contributed by atoms with Gasteiger partial charge in [0.1, 0.15) is 0 Å². The first kappa shape index (κ1) is 11.0. The average molecular weight is 184 g/mol. The van der Waals surface area contributed by atoms with Gasteiger partial charge in [0.2, 0.25) is 0 Å². The van der Waals surface area contributed by atoms with Gasteiger partial charge in [0, 0.05) is 18.6 Å². The second kappa shape index (κ2) is 5.61. The molecule has 0 saturated carbocycles. The Hall–Kier alpha value is -0.0800. The van der Waals surface area contributed by atoms with Gasteiger partial charge < -0.3 is 5.32 Å². The van der Waals surface area contributed by atoms with Crippen LogP contribution in [0.2, 0.25) is 0 Å². The monoisotopic (exact) mass is 184 g/mol. The maximum absolute atomic E-state index is 3.29. The van der Waals surface area contributed by atoms with Crippen LogP contribution in [0, 0.1) is 0 Å². The number of nitrogens with one attached hydrogen (secondary N) is 1. The molecule has 2 nitrogen and oxygen atoms in total. The standard InChI is InChI=1S/C11H24N2/c1-4-11(9-12-3)13-8-6-5-7-10(13)2/h10-12H,4-9H2,1-3H3. The largest absolute Gasteiger partial charge is 0.318 e. The summed E-state index contributed by atoms with van der Waals surface area (Å²) in [5, 5.41) is 3.29. The van der Waals surface area contributed by atoms with Crippen LogP contribution in [0.25, 0.3) is 0 Å². The minimum atomic E-state index is 0.750. The fourth-order valence-corrected chi connectivity index (χ4v) is 2.39. The van der Waals surface area contributed by atoms with Crippen LogP contribution in [-0.2, 0) is 0 Å². The SMILES string of the molecule is CCC(CNC)N1CCCCC1C. The molecule has 0 amide bonds. The van der Waals surface area contributed by atoms with Crippen molar-refractivity contribution in [1.29, 1.82) is 0 Å². The van der Waals surface area contributed by atoms with Crippen LogP contribution in [0.1, 0.15) is 39.5 Å². The highest BCUT2D eigenvalue weighted by Gasteiger charge is 2.23. The Kier molecular flexibility index (Phi) is 4.74. The molecule has 1 fully saturated rings. The van der Waals surface area contributed by atoms with Gasteiger partial charge in [-0.15, -0.1) is 0 Å². The number of rotatable bonds is 4. The van der Waals surface area contributed by atoms with Crippen LogP contribution in [0.15, 0.2) is 0 Å². The Balaban J connectivity index is 2.44. The van der Waals surface area contributed by atoms with E-state index in [1.807, 2.05) is 0 Å². The molecule has 1 aliphatic rings. The van der Waals surface area contributed by atoms with E-state index in [2.05, 4.69) is 31.1 Å². The van der Waals surface area contributed by atoms with E-state index in [0.29, 0.717) is 0 Å². The van der Waals surface area contributed by atoms with Gasteiger partial charge in [-0.3, -0.25) is 4.90 Å². The van der Waals surface area contributed by atoms with Gasteiger partial charge >= 0.3 is 0 Å². The van der Waals surface area contributed by atoms with E-state index in [0.717, 1.165) is 18.6 Å². The summed E-state index contributed by atoms with van der Waals surface area (Å²) in [7, 11) is 2.05. The molecular weight excluding hydrogens is 160 g/mol. The van der Waals surface area contributed by atoms with E-state index in [1.54, 1.807) is 0 Å². The Morgan fingerprint density at radius 3 is 2.77 bits per heavy atom. The summed E-state index contributed by atoms with van der Waals surface area (Å²) in [6, 6.07) is 1.55. The molecule has 0 radical (unpaired) electrons. The third-order valence-corrected chi connectivity index (χ3v) is 3.23. The highest BCUT2D eigenvalue weighted by molar-refractivity contribution is 4.80. The molecule has 0 aromatic carbocycles. The van der Waals surface area contributed by atoms with E-state index in [9.17, 15) is 0 Å². The summed E-state index contributed by atoms with van der Waals surface area (Å²) in [6.07, 6.45) is 5.48. The minimum Gasteiger partial charge on any atom is -0.318 e. The third kappa shape index (κ3) is 2.96. The Bertz CT molecular complexity index is 136. The highest BCUT2D eigenvalue weighted by Crippen LogP contribution is 2.20. The second-order valence-electron chi connectivity index (χ2n) is 4.20. The Morgan fingerprint density at radius 1 is 1.46 bits per heavy atom. The smallest absolute Gasteiger partial charge is 0.0220 e. The molecule has 1 N–H and O–H groups in total. The predicted octanol–water partition coefficient (Wildman–Crippen LogP) is 1.86. The summed E-state index contributed by atoms with van der Waals surface area (Å²) >= 11 is 0. The Labute approximate surface area is 82.7 Å². The molecule has 13 heavy (non-hydrogen) atoms. The molecule has 2 unspecified atom stereocenters. The number of likely N-dealkylation sites (tertiary alicyclic amines) is 1. The van der Waals surface area contributed by atoms with E-state index < -0.39 is 0 Å². The van der Waals surface area contributed by atoms with Crippen molar-refractivity contribution in [2.75, 3.05) is 20.1 Å². The molecule has 78 valence electrons. The van der Waals surface area contributed by atoms with E-state index in [1.165, 1.54) is 32.2 Å². The molecule has 1 saturated heterocycles. The van der Waals surface area contributed by atoms with Gasteiger partial charge in [-0.1, -0.05) is 13.3 Å². The molecule has 0 aromatic heterocycles. The van der Waals surface area contributed by atoms with E-state index in [-0.39, 0.29) is 0 Å². The lowest BCUT2D eigenvalue weighted by atomic mass is 10.00. The lowest BCUT2D eigenvalue weighted by Crippen LogP contribution is -2.48. The lowest BCUT2D eigenvalue weighted by molar-refractivity contribution is 0.102. The van der Waals surface area contributed by atoms with Crippen molar-refractivity contribution >= 4 is 0 Å². The third-order valence-electron chi connectivity index (χ3n) is 3.23. The van der Waals surface area contributed by atoms with Crippen LogP contribution < -0.4 is 5.32 Å². The Morgan fingerprint density at radius 2 is 2.23 bits per heavy atom. The van der Waals surface area contributed by atoms with Gasteiger partial charge in [0.05, 0.1) is 0 Å². The molecule has 1 aliphatic heterocycles. The fourth-order valence-electron chi connectivity index (χ4n) is 2.39. The maximum Gasteiger partial charge on any atom is 0.0220 e. The number of likely N-dealkylation sites (N-methyl/N-ethyl adjacent to an activating group) is 1. The number of hydrogen-bond donors (Lipinski definition) is 1. The fraction of sp³-hybridized carbons (Fsp3) is 1.00. The number of piperidine rings is 1. The summed E-state index contributed by atoms with van der Waals surface area (Å²) in [4.78, 5) is 2.68. The van der Waals surface area contributed by atoms with Crippen molar-refractivity contribution in [3.05, 3.63) is 0 Å². The minimum absolute atomic E-state index is 0.750. The molecule has 2 atom stereocenters. The second-order valence-corrected chi connectivity index (χ2v) is 4.20. The van der Waals surface area contributed by atoms with Crippen LogP contribution >= 0.6 is 0 Å². The topological polar surface area (TPSA) is 15.3 Å². The molecule has 1 heterocycles. The zero-order valence-electron chi connectivity index (χ0n) is 9.34. The van der Waals surface area contributed by atoms with Crippen molar-refractivity contribution in [2.24, 2.45) is 0 Å². The molecule has 0 aromatic rings. The van der Waals surface area contributed by atoms with Crippen molar-refractivity contribution < 1.29 is 0 Å². The maximum atomic E-state index is 3.29. The summed E-state index contributed by atoms with van der Waals surface area (Å²) < 4.78 is 0. The van der Waals surface area contributed by atoms with Gasteiger partial charge in [-0.05, 0) is 39.8 Å². The zero-order chi connectivity index (χ0) is 9.68. The first-order valence-corrected chi connectivity index (χ1v) is 5.70.